The maximum atomic E-state index is 11.7. The van der Waals surface area contributed by atoms with Gasteiger partial charge < -0.3 is 10.5 Å². The van der Waals surface area contributed by atoms with E-state index >= 15 is 0 Å². The van der Waals surface area contributed by atoms with Crippen LogP contribution in [-0.2, 0) is 9.53 Å². The third kappa shape index (κ3) is 10.0. The maximum Gasteiger partial charge on any atom is 0.135 e. The molecule has 0 aromatic carbocycles. The summed E-state index contributed by atoms with van der Waals surface area (Å²) in [5.74, 6) is 0.232. The molecule has 0 heterocycles. The highest BCUT2D eigenvalue weighted by Crippen LogP contribution is 2.38. The first-order valence-corrected chi connectivity index (χ1v) is 8.19. The van der Waals surface area contributed by atoms with E-state index in [4.69, 9.17) is 10.5 Å². The molecule has 0 bridgehead atoms. The van der Waals surface area contributed by atoms with Crippen LogP contribution in [0.3, 0.4) is 0 Å². The first-order valence-electron chi connectivity index (χ1n) is 8.19. The molecule has 2 N–H and O–H groups in total. The molecule has 0 fully saturated rings. The van der Waals surface area contributed by atoms with Gasteiger partial charge in [0.25, 0.3) is 0 Å². The van der Waals surface area contributed by atoms with Crippen LogP contribution in [0.25, 0.3) is 0 Å². The second kappa shape index (κ2) is 8.89. The van der Waals surface area contributed by atoms with Crippen molar-refractivity contribution in [3.05, 3.63) is 0 Å². The number of hydrogen-bond acceptors (Lipinski definition) is 3. The molecule has 0 aromatic heterocycles. The normalized spacial score (nSPS) is 14.2. The van der Waals surface area contributed by atoms with E-state index in [0.29, 0.717) is 6.61 Å². The predicted molar refractivity (Wildman–Crippen MR) is 92.5 cm³/mol. The van der Waals surface area contributed by atoms with E-state index in [1.165, 1.54) is 0 Å². The maximum absolute atomic E-state index is 11.7. The van der Waals surface area contributed by atoms with Crippen molar-refractivity contribution in [1.29, 1.82) is 0 Å². The molecule has 0 aliphatic heterocycles. The van der Waals surface area contributed by atoms with Crippen LogP contribution in [0.2, 0.25) is 0 Å². The molecule has 0 rings (SSSR count). The lowest BCUT2D eigenvalue weighted by molar-refractivity contribution is -0.128. The van der Waals surface area contributed by atoms with Gasteiger partial charge >= 0.3 is 0 Å². The molecule has 128 valence electrons. The van der Waals surface area contributed by atoms with Gasteiger partial charge in [-0.3, -0.25) is 4.79 Å². The summed E-state index contributed by atoms with van der Waals surface area (Å²) in [6.45, 7) is 20.8. The van der Waals surface area contributed by atoms with Crippen LogP contribution >= 0.6 is 0 Å². The third-order valence-corrected chi connectivity index (χ3v) is 4.07. The first kappa shape index (κ1) is 22.9. The summed E-state index contributed by atoms with van der Waals surface area (Å²) < 4.78 is 5.92. The quantitative estimate of drug-likeness (QED) is 0.714. The van der Waals surface area contributed by atoms with Gasteiger partial charge in [-0.1, -0.05) is 41.5 Å². The van der Waals surface area contributed by atoms with E-state index in [9.17, 15) is 4.79 Å². The molecule has 1 unspecified atom stereocenters. The molecule has 0 radical (unpaired) electrons. The molecular formula is C18H39NO2. The highest BCUT2D eigenvalue weighted by molar-refractivity contribution is 5.81. The Kier molecular flexibility index (Phi) is 9.68. The first-order chi connectivity index (χ1) is 9.28. The van der Waals surface area contributed by atoms with E-state index in [-0.39, 0.29) is 28.3 Å². The van der Waals surface area contributed by atoms with Gasteiger partial charge in [0.15, 0.2) is 0 Å². The molecular weight excluding hydrogens is 262 g/mol. The van der Waals surface area contributed by atoms with Crippen LogP contribution < -0.4 is 5.73 Å². The number of rotatable bonds is 8. The highest BCUT2D eigenvalue weighted by atomic mass is 16.5. The molecule has 21 heavy (non-hydrogen) atoms. The molecule has 0 saturated carbocycles. The number of hydrogen-bond donors (Lipinski definition) is 1. The summed E-state index contributed by atoms with van der Waals surface area (Å²) in [6, 6.07) is 0. The van der Waals surface area contributed by atoms with Crippen LogP contribution in [0.5, 0.6) is 0 Å². The topological polar surface area (TPSA) is 52.3 Å². The Bertz CT molecular complexity index is 301. The third-order valence-electron chi connectivity index (χ3n) is 4.07. The molecule has 3 nitrogen and oxygen atoms in total. The second-order valence-electron chi connectivity index (χ2n) is 7.86. The zero-order valence-electron chi connectivity index (χ0n) is 16.1. The average Bonchev–Trinajstić information content (AvgIpc) is 2.28. The van der Waals surface area contributed by atoms with Gasteiger partial charge in [-0.2, -0.15) is 0 Å². The van der Waals surface area contributed by atoms with Gasteiger partial charge in [-0.25, -0.2) is 0 Å². The molecule has 0 aliphatic carbocycles. The Morgan fingerprint density at radius 2 is 1.52 bits per heavy atom. The fourth-order valence-corrected chi connectivity index (χ4v) is 2.13. The molecule has 0 aromatic rings. The van der Waals surface area contributed by atoms with Gasteiger partial charge in [0, 0.05) is 17.6 Å². The Hall–Kier alpha value is -0.410. The van der Waals surface area contributed by atoms with Crippen LogP contribution in [0, 0.1) is 10.8 Å². The molecule has 0 saturated heterocycles. The summed E-state index contributed by atoms with van der Waals surface area (Å²) in [6.07, 6.45) is 1.76. The van der Waals surface area contributed by atoms with E-state index in [0.717, 1.165) is 12.8 Å². The van der Waals surface area contributed by atoms with E-state index in [2.05, 4.69) is 20.8 Å². The number of carbonyl (C=O) groups excluding carboxylic acids is 1. The van der Waals surface area contributed by atoms with Crippen molar-refractivity contribution >= 4 is 5.78 Å². The van der Waals surface area contributed by atoms with Crippen molar-refractivity contribution in [1.82, 2.24) is 0 Å². The van der Waals surface area contributed by atoms with Gasteiger partial charge in [-0.05, 0) is 46.0 Å². The summed E-state index contributed by atoms with van der Waals surface area (Å²) >= 11 is 0. The van der Waals surface area contributed by atoms with Gasteiger partial charge in [-0.15, -0.1) is 0 Å². The number of ketones is 1. The van der Waals surface area contributed by atoms with Gasteiger partial charge in [0.1, 0.15) is 5.78 Å². The van der Waals surface area contributed by atoms with Crippen LogP contribution in [0.15, 0.2) is 0 Å². The molecule has 0 spiro atoms. The van der Waals surface area contributed by atoms with E-state index in [1.807, 2.05) is 41.5 Å². The Labute approximate surface area is 133 Å². The standard InChI is InChI=1S/C16H33NO2.C2H6/c1-12(18)14(3,4)11-15(5,6)13(2)19-10-9-16(7,8)17;1-2/h13H,9-11,17H2,1-8H3;1-2H3. The van der Waals surface area contributed by atoms with Crippen LogP contribution in [0.4, 0.5) is 0 Å². The van der Waals surface area contributed by atoms with Crippen molar-refractivity contribution in [3.8, 4) is 0 Å². The molecule has 1 atom stereocenters. The number of Topliss-reactive ketones (excluding diaryl/α,β-unsaturated/α-hetero) is 1. The van der Waals surface area contributed by atoms with Gasteiger partial charge in [0.05, 0.1) is 6.10 Å². The largest absolute Gasteiger partial charge is 0.378 e. The van der Waals surface area contributed by atoms with Crippen LogP contribution in [0.1, 0.15) is 82.1 Å². The SMILES string of the molecule is CC.CC(=O)C(C)(C)CC(C)(C)C(C)OCCC(C)(C)N. The van der Waals surface area contributed by atoms with E-state index in [1.54, 1.807) is 6.92 Å². The number of ether oxygens (including phenoxy) is 1. The lowest BCUT2D eigenvalue weighted by atomic mass is 9.71. The second-order valence-corrected chi connectivity index (χ2v) is 7.86. The summed E-state index contributed by atoms with van der Waals surface area (Å²) in [4.78, 5) is 11.7. The zero-order chi connectivity index (χ0) is 17.5. The van der Waals surface area contributed by atoms with Gasteiger partial charge in [0.2, 0.25) is 0 Å². The number of nitrogens with two attached hydrogens (primary N) is 1. The Morgan fingerprint density at radius 1 is 1.10 bits per heavy atom. The lowest BCUT2D eigenvalue weighted by Gasteiger charge is -2.38. The highest BCUT2D eigenvalue weighted by Gasteiger charge is 2.36. The fourth-order valence-electron chi connectivity index (χ4n) is 2.13. The van der Waals surface area contributed by atoms with Crippen molar-refractivity contribution in [3.63, 3.8) is 0 Å². The van der Waals surface area contributed by atoms with Crippen molar-refractivity contribution in [2.45, 2.75) is 93.7 Å². The minimum Gasteiger partial charge on any atom is -0.378 e. The van der Waals surface area contributed by atoms with Crippen molar-refractivity contribution < 1.29 is 9.53 Å². The van der Waals surface area contributed by atoms with Crippen molar-refractivity contribution in [2.75, 3.05) is 6.61 Å². The fraction of sp³-hybridized carbons (Fsp3) is 0.944. The Balaban J connectivity index is 0. The molecule has 3 heteroatoms. The predicted octanol–water partition coefficient (Wildman–Crippen LogP) is 4.58. The van der Waals surface area contributed by atoms with Crippen LogP contribution in [-0.4, -0.2) is 24.0 Å². The van der Waals surface area contributed by atoms with Crippen molar-refractivity contribution in [2.24, 2.45) is 16.6 Å². The van der Waals surface area contributed by atoms with E-state index < -0.39 is 0 Å². The lowest BCUT2D eigenvalue weighted by Crippen LogP contribution is -2.38. The number of carbonyl (C=O) groups is 1. The zero-order valence-corrected chi connectivity index (χ0v) is 16.1. The summed E-state index contributed by atoms with van der Waals surface area (Å²) in [7, 11) is 0. The minimum atomic E-state index is -0.297. The summed E-state index contributed by atoms with van der Waals surface area (Å²) in [5.41, 5.74) is 5.42. The average molecular weight is 302 g/mol. The monoisotopic (exact) mass is 301 g/mol. The molecule has 0 amide bonds. The minimum absolute atomic E-state index is 0.0338. The Morgan fingerprint density at radius 3 is 1.86 bits per heavy atom. The smallest absolute Gasteiger partial charge is 0.135 e. The molecule has 0 aliphatic rings. The summed E-state index contributed by atoms with van der Waals surface area (Å²) in [5, 5.41) is 0.